The lowest BCUT2D eigenvalue weighted by molar-refractivity contribution is -0.145. The van der Waals surface area contributed by atoms with E-state index in [1.54, 1.807) is 55.6 Å². The number of hydrogen-bond acceptors (Lipinski definition) is 5. The van der Waals surface area contributed by atoms with Gasteiger partial charge < -0.3 is 25.0 Å². The molecule has 1 fully saturated rings. The van der Waals surface area contributed by atoms with Gasteiger partial charge >= 0.3 is 11.8 Å². The zero-order chi connectivity index (χ0) is 19.9. The van der Waals surface area contributed by atoms with E-state index in [9.17, 15) is 14.4 Å². The molecule has 0 aliphatic carbocycles. The topological polar surface area (TPSA) is 97.0 Å². The van der Waals surface area contributed by atoms with E-state index in [2.05, 4.69) is 10.6 Å². The van der Waals surface area contributed by atoms with Gasteiger partial charge in [-0.15, -0.1) is 0 Å². The summed E-state index contributed by atoms with van der Waals surface area (Å²) in [4.78, 5) is 38.7. The quantitative estimate of drug-likeness (QED) is 0.784. The molecule has 28 heavy (non-hydrogen) atoms. The molecule has 0 unspecified atom stereocenters. The Kier molecular flexibility index (Phi) is 6.23. The van der Waals surface area contributed by atoms with E-state index in [-0.39, 0.29) is 11.3 Å². The van der Waals surface area contributed by atoms with Crippen LogP contribution in [0, 0.1) is 0 Å². The molecule has 0 saturated carbocycles. The van der Waals surface area contributed by atoms with Crippen LogP contribution in [0.3, 0.4) is 0 Å². The van der Waals surface area contributed by atoms with Crippen LogP contribution in [0.1, 0.15) is 10.4 Å². The van der Waals surface area contributed by atoms with Crippen molar-refractivity contribution in [3.8, 4) is 5.75 Å². The second-order valence-electron chi connectivity index (χ2n) is 6.09. The molecule has 3 rings (SSSR count). The van der Waals surface area contributed by atoms with Gasteiger partial charge in [-0.2, -0.15) is 0 Å². The second-order valence-corrected chi connectivity index (χ2v) is 6.09. The number of morpholine rings is 1. The predicted molar refractivity (Wildman–Crippen MR) is 103 cm³/mol. The summed E-state index contributed by atoms with van der Waals surface area (Å²) in [6.45, 7) is 1.54. The van der Waals surface area contributed by atoms with Crippen molar-refractivity contribution in [3.05, 3.63) is 54.1 Å². The van der Waals surface area contributed by atoms with Crippen LogP contribution in [-0.2, 0) is 14.3 Å². The summed E-state index contributed by atoms with van der Waals surface area (Å²) in [6, 6.07) is 13.4. The maximum absolute atomic E-state index is 12.6. The first-order valence-electron chi connectivity index (χ1n) is 8.81. The summed E-state index contributed by atoms with van der Waals surface area (Å²) in [5, 5.41) is 5.30. The molecule has 1 aliphatic heterocycles. The minimum absolute atomic E-state index is 0.251. The van der Waals surface area contributed by atoms with Gasteiger partial charge in [0, 0.05) is 18.8 Å². The minimum atomic E-state index is -0.786. The molecule has 2 N–H and O–H groups in total. The van der Waals surface area contributed by atoms with Crippen molar-refractivity contribution in [3.63, 3.8) is 0 Å². The number of ether oxygens (including phenoxy) is 2. The maximum atomic E-state index is 12.6. The van der Waals surface area contributed by atoms with E-state index in [0.29, 0.717) is 37.7 Å². The van der Waals surface area contributed by atoms with Gasteiger partial charge in [-0.05, 0) is 36.4 Å². The van der Waals surface area contributed by atoms with Gasteiger partial charge in [-0.1, -0.05) is 12.1 Å². The second kappa shape index (κ2) is 9.01. The standard InChI is InChI=1S/C20H21N3O5/c1-27-15-8-6-14(7-9-15)21-18(24)16-4-2-3-5-17(16)22-19(25)20(26)23-10-12-28-13-11-23/h2-9H,10-13H2,1H3,(H,21,24)(H,22,25). The first-order valence-corrected chi connectivity index (χ1v) is 8.81. The fraction of sp³-hybridized carbons (Fsp3) is 0.250. The number of nitrogens with zero attached hydrogens (tertiary/aromatic N) is 1. The monoisotopic (exact) mass is 383 g/mol. The minimum Gasteiger partial charge on any atom is -0.497 e. The van der Waals surface area contributed by atoms with Crippen LogP contribution in [0.25, 0.3) is 0 Å². The van der Waals surface area contributed by atoms with Crippen molar-refractivity contribution in [1.29, 1.82) is 0 Å². The largest absolute Gasteiger partial charge is 0.497 e. The third-order valence-corrected chi connectivity index (χ3v) is 4.26. The molecule has 3 amide bonds. The Morgan fingerprint density at radius 1 is 0.964 bits per heavy atom. The van der Waals surface area contributed by atoms with E-state index in [4.69, 9.17) is 9.47 Å². The first kappa shape index (κ1) is 19.4. The van der Waals surface area contributed by atoms with Crippen LogP contribution in [0.4, 0.5) is 11.4 Å². The van der Waals surface area contributed by atoms with Crippen molar-refractivity contribution in [2.75, 3.05) is 44.0 Å². The van der Waals surface area contributed by atoms with E-state index in [1.807, 2.05) is 0 Å². The molecule has 0 aromatic heterocycles. The van der Waals surface area contributed by atoms with Crippen LogP contribution in [0.5, 0.6) is 5.75 Å². The number of carbonyl (C=O) groups is 3. The lowest BCUT2D eigenvalue weighted by Crippen LogP contribution is -2.46. The summed E-state index contributed by atoms with van der Waals surface area (Å²) in [5.74, 6) is -1.16. The number of carbonyl (C=O) groups excluding carboxylic acids is 3. The maximum Gasteiger partial charge on any atom is 0.313 e. The van der Waals surface area contributed by atoms with Crippen molar-refractivity contribution in [2.24, 2.45) is 0 Å². The highest BCUT2D eigenvalue weighted by molar-refractivity contribution is 6.40. The average molecular weight is 383 g/mol. The number of nitrogens with one attached hydrogen (secondary N) is 2. The zero-order valence-electron chi connectivity index (χ0n) is 15.4. The van der Waals surface area contributed by atoms with Gasteiger partial charge in [0.2, 0.25) is 0 Å². The number of para-hydroxylation sites is 1. The normalized spacial score (nSPS) is 13.5. The molecule has 2 aromatic rings. The molecule has 0 atom stereocenters. The number of benzene rings is 2. The van der Waals surface area contributed by atoms with Crippen LogP contribution in [0.2, 0.25) is 0 Å². The Morgan fingerprint density at radius 3 is 2.32 bits per heavy atom. The summed E-state index contributed by atoms with van der Waals surface area (Å²) < 4.78 is 10.3. The Labute approximate surface area is 162 Å². The van der Waals surface area contributed by atoms with Gasteiger partial charge in [0.15, 0.2) is 0 Å². The smallest absolute Gasteiger partial charge is 0.313 e. The van der Waals surface area contributed by atoms with Gasteiger partial charge in [-0.3, -0.25) is 14.4 Å². The SMILES string of the molecule is COc1ccc(NC(=O)c2ccccc2NC(=O)C(=O)N2CCOCC2)cc1. The molecule has 8 heteroatoms. The number of hydrogen-bond donors (Lipinski definition) is 2. The van der Waals surface area contributed by atoms with Crippen molar-refractivity contribution < 1.29 is 23.9 Å². The van der Waals surface area contributed by atoms with Crippen LogP contribution in [-0.4, -0.2) is 56.0 Å². The van der Waals surface area contributed by atoms with E-state index in [0.717, 1.165) is 0 Å². The molecule has 1 heterocycles. The first-order chi connectivity index (χ1) is 13.6. The number of methoxy groups -OCH3 is 1. The predicted octanol–water partition coefficient (Wildman–Crippen LogP) is 1.74. The van der Waals surface area contributed by atoms with Crippen LogP contribution >= 0.6 is 0 Å². The van der Waals surface area contributed by atoms with E-state index < -0.39 is 17.7 Å². The molecule has 0 spiro atoms. The molecular formula is C20H21N3O5. The molecule has 0 bridgehead atoms. The van der Waals surface area contributed by atoms with Crippen LogP contribution < -0.4 is 15.4 Å². The Bertz CT molecular complexity index is 860. The van der Waals surface area contributed by atoms with Crippen molar-refractivity contribution in [1.82, 2.24) is 4.90 Å². The highest BCUT2D eigenvalue weighted by Gasteiger charge is 2.25. The summed E-state index contributed by atoms with van der Waals surface area (Å²) in [6.07, 6.45) is 0. The molecule has 0 radical (unpaired) electrons. The van der Waals surface area contributed by atoms with Crippen molar-refractivity contribution >= 4 is 29.1 Å². The number of anilines is 2. The Balaban J connectivity index is 1.70. The molecular weight excluding hydrogens is 362 g/mol. The van der Waals surface area contributed by atoms with Crippen LogP contribution in [0.15, 0.2) is 48.5 Å². The average Bonchev–Trinajstić information content (AvgIpc) is 2.74. The van der Waals surface area contributed by atoms with Crippen molar-refractivity contribution in [2.45, 2.75) is 0 Å². The Hall–Kier alpha value is -3.39. The van der Waals surface area contributed by atoms with Gasteiger partial charge in [-0.25, -0.2) is 0 Å². The summed E-state index contributed by atoms with van der Waals surface area (Å²) in [5.41, 5.74) is 1.10. The zero-order valence-corrected chi connectivity index (χ0v) is 15.4. The fourth-order valence-corrected chi connectivity index (χ4v) is 2.75. The van der Waals surface area contributed by atoms with Gasteiger partial charge in [0.1, 0.15) is 5.75 Å². The van der Waals surface area contributed by atoms with E-state index in [1.165, 1.54) is 4.90 Å². The molecule has 8 nitrogen and oxygen atoms in total. The molecule has 1 saturated heterocycles. The lowest BCUT2D eigenvalue weighted by atomic mass is 10.1. The number of rotatable bonds is 4. The highest BCUT2D eigenvalue weighted by Crippen LogP contribution is 2.19. The fourth-order valence-electron chi connectivity index (χ4n) is 2.75. The van der Waals surface area contributed by atoms with Gasteiger partial charge in [0.05, 0.1) is 31.6 Å². The third-order valence-electron chi connectivity index (χ3n) is 4.26. The summed E-state index contributed by atoms with van der Waals surface area (Å²) >= 11 is 0. The highest BCUT2D eigenvalue weighted by atomic mass is 16.5. The third kappa shape index (κ3) is 4.66. The Morgan fingerprint density at radius 2 is 1.64 bits per heavy atom. The number of amides is 3. The van der Waals surface area contributed by atoms with Gasteiger partial charge in [0.25, 0.3) is 5.91 Å². The van der Waals surface area contributed by atoms with E-state index >= 15 is 0 Å². The summed E-state index contributed by atoms with van der Waals surface area (Å²) in [7, 11) is 1.56. The lowest BCUT2D eigenvalue weighted by Gasteiger charge is -2.26. The molecule has 2 aromatic carbocycles. The molecule has 146 valence electrons. The molecule has 1 aliphatic rings.